The van der Waals surface area contributed by atoms with Crippen LogP contribution in [0.25, 0.3) is 0 Å². The Morgan fingerprint density at radius 2 is 1.40 bits per heavy atom. The summed E-state index contributed by atoms with van der Waals surface area (Å²) in [6.07, 6.45) is 0.940. The molecule has 0 saturated carbocycles. The molecule has 10 heavy (non-hydrogen) atoms. The van der Waals surface area contributed by atoms with Gasteiger partial charge in [-0.15, -0.1) is 14.5 Å². The van der Waals surface area contributed by atoms with E-state index >= 15 is 0 Å². The molecule has 0 unspecified atom stereocenters. The SMILES string of the molecule is CCC[N+](OC)(OC)OC. The van der Waals surface area contributed by atoms with Gasteiger partial charge in [-0.25, -0.2) is 0 Å². The van der Waals surface area contributed by atoms with E-state index in [0.717, 1.165) is 6.42 Å². The maximum atomic E-state index is 4.97. The van der Waals surface area contributed by atoms with Gasteiger partial charge < -0.3 is 0 Å². The van der Waals surface area contributed by atoms with Gasteiger partial charge in [0.25, 0.3) is 0 Å². The Morgan fingerprint density at radius 3 is 1.50 bits per heavy atom. The molecule has 0 atom stereocenters. The van der Waals surface area contributed by atoms with Gasteiger partial charge in [-0.3, -0.25) is 0 Å². The monoisotopic (exact) mass is 150 g/mol. The summed E-state index contributed by atoms with van der Waals surface area (Å²) in [5.41, 5.74) is 0. The van der Waals surface area contributed by atoms with Crippen molar-refractivity contribution in [1.82, 2.24) is 0 Å². The van der Waals surface area contributed by atoms with Gasteiger partial charge in [-0.05, 0) is 0 Å². The minimum absolute atomic E-state index is 0.198. The van der Waals surface area contributed by atoms with Crippen molar-refractivity contribution in [2.24, 2.45) is 0 Å². The van der Waals surface area contributed by atoms with Crippen LogP contribution in [0, 0.1) is 0 Å². The van der Waals surface area contributed by atoms with Crippen LogP contribution in [0.5, 0.6) is 0 Å². The van der Waals surface area contributed by atoms with Crippen molar-refractivity contribution in [3.8, 4) is 0 Å². The van der Waals surface area contributed by atoms with E-state index in [0.29, 0.717) is 6.54 Å². The zero-order valence-electron chi connectivity index (χ0n) is 7.09. The van der Waals surface area contributed by atoms with Crippen LogP contribution in [0.15, 0.2) is 0 Å². The molecular formula is C6H16NO3+. The molecule has 0 aliphatic heterocycles. The number of nitrogens with zero attached hydrogens (tertiary/aromatic N) is 1. The number of hydroxylamine groups is 3. The normalized spacial score (nSPS) is 12.0. The van der Waals surface area contributed by atoms with Crippen molar-refractivity contribution in [3.63, 3.8) is 0 Å². The first kappa shape index (κ1) is 9.84. The molecule has 0 N–H and O–H groups in total. The van der Waals surface area contributed by atoms with Gasteiger partial charge in [0, 0.05) is 6.42 Å². The second-order valence-corrected chi connectivity index (χ2v) is 1.88. The van der Waals surface area contributed by atoms with E-state index in [1.807, 2.05) is 6.92 Å². The molecule has 0 rings (SSSR count). The molecule has 0 spiro atoms. The molecule has 0 bridgehead atoms. The zero-order valence-corrected chi connectivity index (χ0v) is 7.09. The predicted molar refractivity (Wildman–Crippen MR) is 36.4 cm³/mol. The molecule has 0 heterocycles. The van der Waals surface area contributed by atoms with Crippen LogP contribution in [-0.2, 0) is 14.5 Å². The van der Waals surface area contributed by atoms with E-state index in [-0.39, 0.29) is 4.97 Å². The number of hydrogen-bond acceptors (Lipinski definition) is 3. The first-order valence-electron chi connectivity index (χ1n) is 3.30. The molecule has 0 saturated heterocycles. The van der Waals surface area contributed by atoms with Crippen LogP contribution in [0.4, 0.5) is 0 Å². The topological polar surface area (TPSA) is 27.7 Å². The van der Waals surface area contributed by atoms with E-state index in [2.05, 4.69) is 0 Å². The van der Waals surface area contributed by atoms with Crippen molar-refractivity contribution in [2.45, 2.75) is 13.3 Å². The molecule has 0 aromatic heterocycles. The smallest absolute Gasteiger partial charge is 0.135 e. The molecule has 62 valence electrons. The Hall–Kier alpha value is -0.160. The Balaban J connectivity index is 3.87. The summed E-state index contributed by atoms with van der Waals surface area (Å²) >= 11 is 0. The van der Waals surface area contributed by atoms with E-state index in [1.165, 1.54) is 0 Å². The standard InChI is InChI=1S/C6H16NO3/c1-5-6-7(8-2,9-3)10-4/h5-6H2,1-4H3/q+1. The molecule has 0 aliphatic carbocycles. The van der Waals surface area contributed by atoms with Gasteiger partial charge in [0.15, 0.2) is 6.54 Å². The van der Waals surface area contributed by atoms with Crippen LogP contribution in [0.3, 0.4) is 0 Å². The van der Waals surface area contributed by atoms with E-state index in [4.69, 9.17) is 14.5 Å². The molecule has 0 amide bonds. The number of hydrogen-bond donors (Lipinski definition) is 0. The number of quaternary nitrogens is 1. The van der Waals surface area contributed by atoms with Crippen LogP contribution < -0.4 is 0 Å². The summed E-state index contributed by atoms with van der Waals surface area (Å²) in [5, 5.41) is 0. The quantitative estimate of drug-likeness (QED) is 0.430. The van der Waals surface area contributed by atoms with Gasteiger partial charge in [0.2, 0.25) is 0 Å². The lowest BCUT2D eigenvalue weighted by Gasteiger charge is -2.24. The van der Waals surface area contributed by atoms with Gasteiger partial charge >= 0.3 is 0 Å². The minimum Gasteiger partial charge on any atom is -0.135 e. The third-order valence-corrected chi connectivity index (χ3v) is 1.33. The predicted octanol–water partition coefficient (Wildman–Crippen LogP) is 0.897. The van der Waals surface area contributed by atoms with Crippen LogP contribution in [0.2, 0.25) is 0 Å². The van der Waals surface area contributed by atoms with E-state index < -0.39 is 0 Å². The van der Waals surface area contributed by atoms with Crippen LogP contribution in [-0.4, -0.2) is 32.8 Å². The summed E-state index contributed by atoms with van der Waals surface area (Å²) in [4.78, 5) is 14.7. The van der Waals surface area contributed by atoms with Gasteiger partial charge in [0.1, 0.15) is 21.3 Å². The molecule has 0 aromatic rings. The van der Waals surface area contributed by atoms with Crippen LogP contribution in [0.1, 0.15) is 13.3 Å². The fourth-order valence-electron chi connectivity index (χ4n) is 0.771. The highest BCUT2D eigenvalue weighted by atomic mass is 17.2. The van der Waals surface area contributed by atoms with Gasteiger partial charge in [0.05, 0.1) is 4.97 Å². The first-order chi connectivity index (χ1) is 4.74. The molecule has 4 heteroatoms. The fourth-order valence-corrected chi connectivity index (χ4v) is 0.771. The second-order valence-electron chi connectivity index (χ2n) is 1.88. The molecule has 0 aromatic carbocycles. The van der Waals surface area contributed by atoms with E-state index in [9.17, 15) is 0 Å². The fraction of sp³-hybridized carbons (Fsp3) is 1.00. The summed E-state index contributed by atoms with van der Waals surface area (Å²) in [6, 6.07) is 0. The summed E-state index contributed by atoms with van der Waals surface area (Å²) in [6.45, 7) is 2.72. The van der Waals surface area contributed by atoms with Gasteiger partial charge in [-0.1, -0.05) is 6.92 Å². The van der Waals surface area contributed by atoms with Gasteiger partial charge in [-0.2, -0.15) is 0 Å². The lowest BCUT2D eigenvalue weighted by molar-refractivity contribution is -1.36. The minimum atomic E-state index is -0.198. The Bertz CT molecular complexity index is 74.8. The Labute approximate surface area is 61.7 Å². The first-order valence-corrected chi connectivity index (χ1v) is 3.30. The van der Waals surface area contributed by atoms with Crippen molar-refractivity contribution in [3.05, 3.63) is 0 Å². The van der Waals surface area contributed by atoms with Crippen molar-refractivity contribution >= 4 is 0 Å². The molecular weight excluding hydrogens is 134 g/mol. The average Bonchev–Trinajstić information content (AvgIpc) is 2.01. The zero-order chi connectivity index (χ0) is 8.04. The van der Waals surface area contributed by atoms with Crippen molar-refractivity contribution in [1.29, 1.82) is 0 Å². The highest BCUT2D eigenvalue weighted by Gasteiger charge is 2.28. The summed E-state index contributed by atoms with van der Waals surface area (Å²) in [7, 11) is 4.63. The number of rotatable bonds is 5. The lowest BCUT2D eigenvalue weighted by Crippen LogP contribution is -2.45. The Morgan fingerprint density at radius 1 is 1.00 bits per heavy atom. The highest BCUT2D eigenvalue weighted by molar-refractivity contribution is 4.13. The maximum absolute atomic E-state index is 4.97. The molecule has 4 nitrogen and oxygen atoms in total. The average molecular weight is 150 g/mol. The maximum Gasteiger partial charge on any atom is 0.178 e. The van der Waals surface area contributed by atoms with Crippen molar-refractivity contribution < 1.29 is 19.5 Å². The summed E-state index contributed by atoms with van der Waals surface area (Å²) < 4.78 is 0. The molecule has 0 aliphatic rings. The summed E-state index contributed by atoms with van der Waals surface area (Å²) in [5.74, 6) is 0. The molecule has 0 radical (unpaired) electrons. The third-order valence-electron chi connectivity index (χ3n) is 1.33. The highest BCUT2D eigenvalue weighted by Crippen LogP contribution is 2.07. The van der Waals surface area contributed by atoms with E-state index in [1.54, 1.807) is 21.3 Å². The molecule has 0 fully saturated rings. The lowest BCUT2D eigenvalue weighted by atomic mass is 10.5. The Kier molecular flexibility index (Phi) is 4.55. The van der Waals surface area contributed by atoms with Crippen LogP contribution >= 0.6 is 0 Å². The second kappa shape index (κ2) is 4.62. The third kappa shape index (κ3) is 2.22. The van der Waals surface area contributed by atoms with Crippen molar-refractivity contribution in [2.75, 3.05) is 27.9 Å². The largest absolute Gasteiger partial charge is 0.178 e.